The summed E-state index contributed by atoms with van der Waals surface area (Å²) >= 11 is 0. The summed E-state index contributed by atoms with van der Waals surface area (Å²) in [6.07, 6.45) is 2.60. The van der Waals surface area contributed by atoms with E-state index in [4.69, 9.17) is 5.73 Å². The summed E-state index contributed by atoms with van der Waals surface area (Å²) in [5.41, 5.74) is 9.40. The minimum absolute atomic E-state index is 0.0541. The number of hydrogen-bond acceptors (Lipinski definition) is 4. The normalized spacial score (nSPS) is 12.4. The predicted molar refractivity (Wildman–Crippen MR) is 72.4 cm³/mol. The summed E-state index contributed by atoms with van der Waals surface area (Å²) in [6.45, 7) is 0. The van der Waals surface area contributed by atoms with E-state index in [1.54, 1.807) is 4.68 Å². The van der Waals surface area contributed by atoms with E-state index < -0.39 is 0 Å². The molecule has 2 N–H and O–H groups in total. The zero-order chi connectivity index (χ0) is 13.1. The smallest absolute Gasteiger partial charge is 0.0845 e. The van der Waals surface area contributed by atoms with Gasteiger partial charge in [-0.05, 0) is 17.7 Å². The second-order valence-electron chi connectivity index (χ2n) is 4.68. The van der Waals surface area contributed by atoms with Gasteiger partial charge < -0.3 is 10.6 Å². The van der Waals surface area contributed by atoms with Crippen LogP contribution in [-0.2, 0) is 13.5 Å². The molecule has 18 heavy (non-hydrogen) atoms. The van der Waals surface area contributed by atoms with Crippen LogP contribution < -0.4 is 10.6 Å². The Balaban J connectivity index is 2.13. The molecule has 2 aromatic rings. The number of aryl methyl sites for hydroxylation is 1. The minimum Gasteiger partial charge on any atom is -0.378 e. The van der Waals surface area contributed by atoms with Crippen molar-refractivity contribution >= 4 is 5.69 Å². The van der Waals surface area contributed by atoms with Gasteiger partial charge in [0.1, 0.15) is 0 Å². The van der Waals surface area contributed by atoms with Crippen molar-refractivity contribution in [1.82, 2.24) is 15.0 Å². The summed E-state index contributed by atoms with van der Waals surface area (Å²) in [4.78, 5) is 2.07. The zero-order valence-corrected chi connectivity index (χ0v) is 11.0. The van der Waals surface area contributed by atoms with Gasteiger partial charge in [0.15, 0.2) is 0 Å². The maximum Gasteiger partial charge on any atom is 0.0845 e. The number of benzene rings is 1. The van der Waals surface area contributed by atoms with Gasteiger partial charge in [-0.25, -0.2) is 0 Å². The topological polar surface area (TPSA) is 60.0 Å². The van der Waals surface area contributed by atoms with Crippen molar-refractivity contribution in [2.75, 3.05) is 19.0 Å². The third kappa shape index (κ3) is 2.87. The highest BCUT2D eigenvalue weighted by Crippen LogP contribution is 2.20. The van der Waals surface area contributed by atoms with E-state index >= 15 is 0 Å². The highest BCUT2D eigenvalue weighted by molar-refractivity contribution is 5.47. The fourth-order valence-corrected chi connectivity index (χ4v) is 1.87. The second kappa shape index (κ2) is 5.18. The fraction of sp³-hybridized carbons (Fsp3) is 0.385. The van der Waals surface area contributed by atoms with Gasteiger partial charge in [-0.1, -0.05) is 17.3 Å². The molecular weight excluding hydrogens is 226 g/mol. The van der Waals surface area contributed by atoms with Crippen LogP contribution in [0.5, 0.6) is 0 Å². The van der Waals surface area contributed by atoms with E-state index in [2.05, 4.69) is 27.3 Å². The molecule has 96 valence electrons. The van der Waals surface area contributed by atoms with Crippen LogP contribution in [-0.4, -0.2) is 29.1 Å². The average Bonchev–Trinajstić information content (AvgIpc) is 2.75. The van der Waals surface area contributed by atoms with Crippen molar-refractivity contribution in [3.63, 3.8) is 0 Å². The molecule has 1 unspecified atom stereocenters. The Labute approximate surface area is 107 Å². The predicted octanol–water partition coefficient (Wildman–Crippen LogP) is 1.12. The molecule has 0 bridgehead atoms. The Morgan fingerprint density at radius 2 is 2.17 bits per heavy atom. The van der Waals surface area contributed by atoms with Crippen LogP contribution in [0.1, 0.15) is 17.3 Å². The highest BCUT2D eigenvalue weighted by atomic mass is 15.4. The molecule has 0 spiro atoms. The zero-order valence-electron chi connectivity index (χ0n) is 11.0. The van der Waals surface area contributed by atoms with Crippen LogP contribution in [0.2, 0.25) is 0 Å². The van der Waals surface area contributed by atoms with Gasteiger partial charge in [0.2, 0.25) is 0 Å². The number of nitrogens with zero attached hydrogens (tertiary/aromatic N) is 4. The molecule has 0 saturated heterocycles. The summed E-state index contributed by atoms with van der Waals surface area (Å²) < 4.78 is 1.69. The molecule has 1 aromatic heterocycles. The lowest BCUT2D eigenvalue weighted by Crippen LogP contribution is -2.15. The van der Waals surface area contributed by atoms with Crippen molar-refractivity contribution in [3.05, 3.63) is 41.7 Å². The maximum absolute atomic E-state index is 6.21. The van der Waals surface area contributed by atoms with E-state index in [0.717, 1.165) is 16.9 Å². The highest BCUT2D eigenvalue weighted by Gasteiger charge is 2.10. The molecule has 0 saturated carbocycles. The molecule has 2 rings (SSSR count). The number of nitrogens with two attached hydrogens (primary N) is 1. The lowest BCUT2D eigenvalue weighted by atomic mass is 10.0. The first-order valence-electron chi connectivity index (χ1n) is 5.94. The van der Waals surface area contributed by atoms with Crippen LogP contribution in [0.3, 0.4) is 0 Å². The first kappa shape index (κ1) is 12.6. The molecule has 0 aliphatic heterocycles. The molecule has 0 aliphatic carbocycles. The second-order valence-corrected chi connectivity index (χ2v) is 4.68. The Hall–Kier alpha value is -1.88. The first-order valence-corrected chi connectivity index (χ1v) is 5.94. The van der Waals surface area contributed by atoms with Gasteiger partial charge in [0.05, 0.1) is 5.69 Å². The van der Waals surface area contributed by atoms with E-state index in [1.807, 2.05) is 39.5 Å². The van der Waals surface area contributed by atoms with Crippen molar-refractivity contribution in [2.24, 2.45) is 12.8 Å². The van der Waals surface area contributed by atoms with Gasteiger partial charge >= 0.3 is 0 Å². The third-order valence-electron chi connectivity index (χ3n) is 2.89. The van der Waals surface area contributed by atoms with E-state index in [0.29, 0.717) is 6.42 Å². The minimum atomic E-state index is -0.0541. The summed E-state index contributed by atoms with van der Waals surface area (Å²) in [5.74, 6) is 0. The van der Waals surface area contributed by atoms with Crippen molar-refractivity contribution in [2.45, 2.75) is 12.5 Å². The lowest BCUT2D eigenvalue weighted by molar-refractivity contribution is 0.694. The lowest BCUT2D eigenvalue weighted by Gasteiger charge is -2.16. The fourth-order valence-electron chi connectivity index (χ4n) is 1.87. The standard InChI is InChI=1S/C13H19N5/c1-17(2)12-6-4-5-10(7-12)13(14)8-11-9-18(3)16-15-11/h4-7,9,13H,8,14H2,1-3H3. The third-order valence-corrected chi connectivity index (χ3v) is 2.89. The van der Waals surface area contributed by atoms with Crippen LogP contribution >= 0.6 is 0 Å². The summed E-state index contributed by atoms with van der Waals surface area (Å²) in [5, 5.41) is 7.97. The van der Waals surface area contributed by atoms with Gasteiger partial charge in [-0.15, -0.1) is 5.10 Å². The Kier molecular flexibility index (Phi) is 3.62. The number of rotatable bonds is 4. The van der Waals surface area contributed by atoms with Crippen molar-refractivity contribution in [3.8, 4) is 0 Å². The Bertz CT molecular complexity index is 518. The van der Waals surface area contributed by atoms with Gasteiger partial charge in [0.25, 0.3) is 0 Å². The Morgan fingerprint density at radius 1 is 1.39 bits per heavy atom. The number of anilines is 1. The maximum atomic E-state index is 6.21. The van der Waals surface area contributed by atoms with Crippen LogP contribution in [0, 0.1) is 0 Å². The molecule has 0 amide bonds. The molecule has 1 aromatic carbocycles. The average molecular weight is 245 g/mol. The first-order chi connectivity index (χ1) is 8.56. The summed E-state index contributed by atoms with van der Waals surface area (Å²) in [7, 11) is 5.90. The monoisotopic (exact) mass is 245 g/mol. The molecule has 1 atom stereocenters. The molecule has 0 fully saturated rings. The van der Waals surface area contributed by atoms with Crippen LogP contribution in [0.25, 0.3) is 0 Å². The molecule has 1 heterocycles. The Morgan fingerprint density at radius 3 is 2.78 bits per heavy atom. The van der Waals surface area contributed by atoms with Crippen LogP contribution in [0.4, 0.5) is 5.69 Å². The van der Waals surface area contributed by atoms with Gasteiger partial charge in [-0.3, -0.25) is 4.68 Å². The molecule has 5 heteroatoms. The largest absolute Gasteiger partial charge is 0.378 e. The van der Waals surface area contributed by atoms with Gasteiger partial charge in [-0.2, -0.15) is 0 Å². The molecule has 5 nitrogen and oxygen atoms in total. The quantitative estimate of drug-likeness (QED) is 0.877. The van der Waals surface area contributed by atoms with E-state index in [9.17, 15) is 0 Å². The summed E-state index contributed by atoms with van der Waals surface area (Å²) in [6, 6.07) is 8.20. The van der Waals surface area contributed by atoms with Crippen molar-refractivity contribution < 1.29 is 0 Å². The van der Waals surface area contributed by atoms with Gasteiger partial charge in [0, 0.05) is 45.5 Å². The van der Waals surface area contributed by atoms with Crippen molar-refractivity contribution in [1.29, 1.82) is 0 Å². The van der Waals surface area contributed by atoms with E-state index in [-0.39, 0.29) is 6.04 Å². The number of aromatic nitrogens is 3. The SMILES string of the molecule is CN(C)c1cccc(C(N)Cc2cn(C)nn2)c1. The van der Waals surface area contributed by atoms with E-state index in [1.165, 1.54) is 0 Å². The molecular formula is C13H19N5. The number of hydrogen-bond donors (Lipinski definition) is 1. The van der Waals surface area contributed by atoms with Crippen LogP contribution in [0.15, 0.2) is 30.5 Å². The molecule has 0 aliphatic rings. The molecule has 0 radical (unpaired) electrons.